The van der Waals surface area contributed by atoms with E-state index in [9.17, 15) is 4.79 Å². The van der Waals surface area contributed by atoms with Crippen molar-refractivity contribution >= 4 is 5.78 Å². The molecule has 2 fully saturated rings. The molecule has 67 valence electrons. The summed E-state index contributed by atoms with van der Waals surface area (Å²) in [4.78, 5) is 11.6. The second kappa shape index (κ2) is 2.70. The number of rotatable bonds is 0. The molecule has 0 amide bonds. The second-order valence-electron chi connectivity index (χ2n) is 4.92. The zero-order valence-electron chi connectivity index (χ0n) is 8.05. The first kappa shape index (κ1) is 10.5. The van der Waals surface area contributed by atoms with Crippen LogP contribution in [0.3, 0.4) is 0 Å². The Morgan fingerprint density at radius 3 is 2.08 bits per heavy atom. The van der Waals surface area contributed by atoms with Gasteiger partial charge in [-0.3, -0.25) is 4.79 Å². The van der Waals surface area contributed by atoms with E-state index in [-0.39, 0.29) is 33.2 Å². The second-order valence-corrected chi connectivity index (χ2v) is 4.92. The van der Waals surface area contributed by atoms with Gasteiger partial charge in [-0.25, -0.2) is 0 Å². The molecule has 2 aliphatic carbocycles. The van der Waals surface area contributed by atoms with E-state index < -0.39 is 0 Å². The van der Waals surface area contributed by atoms with E-state index in [0.29, 0.717) is 11.7 Å². The molecule has 2 unspecified atom stereocenters. The smallest absolute Gasteiger partial charge is 0.139 e. The molecule has 2 atom stereocenters. The van der Waals surface area contributed by atoms with Gasteiger partial charge in [-0.1, -0.05) is 20.8 Å². The molecule has 2 bridgehead atoms. The van der Waals surface area contributed by atoms with E-state index in [2.05, 4.69) is 20.8 Å². The maximum absolute atomic E-state index is 11.6. The Labute approximate surface area is 89.8 Å². The molecule has 2 rings (SSSR count). The van der Waals surface area contributed by atoms with Gasteiger partial charge in [-0.2, -0.15) is 0 Å². The Kier molecular flexibility index (Phi) is 2.36. The molecule has 0 aromatic carbocycles. The SMILES string of the molecule is CC12CCC(CC1=O)C2(C)C.[Ta]. The predicted octanol–water partition coefficient (Wildman–Crippen LogP) is 2.40. The van der Waals surface area contributed by atoms with Crippen molar-refractivity contribution in [1.29, 1.82) is 0 Å². The molecular formula is C10H16OTa. The average molecular weight is 333 g/mol. The van der Waals surface area contributed by atoms with Crippen LogP contribution in [0.2, 0.25) is 0 Å². The number of hydrogen-bond donors (Lipinski definition) is 0. The molecule has 0 aliphatic heterocycles. The summed E-state index contributed by atoms with van der Waals surface area (Å²) in [7, 11) is 0. The third-order valence-electron chi connectivity index (χ3n) is 4.48. The molecule has 0 aromatic rings. The van der Waals surface area contributed by atoms with Crippen LogP contribution in [0.1, 0.15) is 40.0 Å². The summed E-state index contributed by atoms with van der Waals surface area (Å²) < 4.78 is 0. The number of carbonyl (C=O) groups excluding carboxylic acids is 1. The van der Waals surface area contributed by atoms with Gasteiger partial charge in [0.05, 0.1) is 0 Å². The van der Waals surface area contributed by atoms with Gasteiger partial charge in [0, 0.05) is 34.2 Å². The van der Waals surface area contributed by atoms with Crippen LogP contribution in [0.25, 0.3) is 0 Å². The Hall–Kier alpha value is 0.410. The molecule has 0 aromatic heterocycles. The maximum Gasteiger partial charge on any atom is 0.139 e. The standard InChI is InChI=1S/C10H16O.Ta/c1-9(2)7-4-5-10(9,3)8(11)6-7;/h7H,4-6H2,1-3H3;. The van der Waals surface area contributed by atoms with Crippen molar-refractivity contribution in [3.05, 3.63) is 0 Å². The van der Waals surface area contributed by atoms with Crippen molar-refractivity contribution in [1.82, 2.24) is 0 Å². The van der Waals surface area contributed by atoms with Crippen LogP contribution >= 0.6 is 0 Å². The minimum absolute atomic E-state index is 0. The molecular weight excluding hydrogens is 317 g/mol. The number of ketones is 1. The molecule has 2 saturated carbocycles. The molecule has 12 heavy (non-hydrogen) atoms. The summed E-state index contributed by atoms with van der Waals surface area (Å²) in [5.41, 5.74) is 0.307. The van der Waals surface area contributed by atoms with Gasteiger partial charge in [0.15, 0.2) is 0 Å². The first-order valence-corrected chi connectivity index (χ1v) is 4.52. The summed E-state index contributed by atoms with van der Waals surface area (Å²) in [6.45, 7) is 6.67. The van der Waals surface area contributed by atoms with E-state index in [1.807, 2.05) is 0 Å². The summed E-state index contributed by atoms with van der Waals surface area (Å²) in [6.07, 6.45) is 3.25. The third kappa shape index (κ3) is 0.934. The van der Waals surface area contributed by atoms with E-state index in [1.165, 1.54) is 6.42 Å². The van der Waals surface area contributed by atoms with E-state index in [4.69, 9.17) is 0 Å². The van der Waals surface area contributed by atoms with Crippen molar-refractivity contribution in [2.24, 2.45) is 16.7 Å². The minimum Gasteiger partial charge on any atom is -0.299 e. The Morgan fingerprint density at radius 2 is 1.92 bits per heavy atom. The van der Waals surface area contributed by atoms with Crippen LogP contribution in [0.15, 0.2) is 0 Å². The Balaban J connectivity index is 0.000000720. The molecule has 0 spiro atoms. The first-order valence-electron chi connectivity index (χ1n) is 4.52. The Morgan fingerprint density at radius 1 is 1.33 bits per heavy atom. The Bertz CT molecular complexity index is 222. The molecule has 0 saturated heterocycles. The van der Waals surface area contributed by atoms with E-state index in [1.54, 1.807) is 0 Å². The van der Waals surface area contributed by atoms with Crippen molar-refractivity contribution < 1.29 is 27.2 Å². The van der Waals surface area contributed by atoms with Crippen LogP contribution in [0.5, 0.6) is 0 Å². The van der Waals surface area contributed by atoms with Gasteiger partial charge < -0.3 is 0 Å². The fourth-order valence-corrected chi connectivity index (χ4v) is 2.90. The van der Waals surface area contributed by atoms with E-state index >= 15 is 0 Å². The zero-order valence-corrected chi connectivity index (χ0v) is 11.3. The molecule has 1 nitrogen and oxygen atoms in total. The summed E-state index contributed by atoms with van der Waals surface area (Å²) in [5, 5.41) is 0. The molecule has 0 N–H and O–H groups in total. The molecule has 2 aliphatic rings. The summed E-state index contributed by atoms with van der Waals surface area (Å²) in [5.74, 6) is 1.19. The zero-order chi connectivity index (χ0) is 8.28. The van der Waals surface area contributed by atoms with Crippen molar-refractivity contribution in [2.75, 3.05) is 0 Å². The van der Waals surface area contributed by atoms with Gasteiger partial charge in [0.2, 0.25) is 0 Å². The molecule has 1 radical (unpaired) electrons. The minimum atomic E-state index is 0. The number of hydrogen-bond acceptors (Lipinski definition) is 1. The van der Waals surface area contributed by atoms with Gasteiger partial charge in [-0.05, 0) is 24.2 Å². The molecule has 2 heteroatoms. The van der Waals surface area contributed by atoms with Crippen LogP contribution in [-0.2, 0) is 27.2 Å². The quantitative estimate of drug-likeness (QED) is 0.665. The van der Waals surface area contributed by atoms with Gasteiger partial charge in [0.1, 0.15) is 5.78 Å². The number of Topliss-reactive ketones (excluding diaryl/α,β-unsaturated/α-hetero) is 1. The largest absolute Gasteiger partial charge is 0.299 e. The van der Waals surface area contributed by atoms with Crippen LogP contribution in [-0.4, -0.2) is 5.78 Å². The fourth-order valence-electron chi connectivity index (χ4n) is 2.90. The van der Waals surface area contributed by atoms with Crippen LogP contribution in [0, 0.1) is 16.7 Å². The normalized spacial score (nSPS) is 42.9. The van der Waals surface area contributed by atoms with Gasteiger partial charge in [0.25, 0.3) is 0 Å². The summed E-state index contributed by atoms with van der Waals surface area (Å²) >= 11 is 0. The number of carbonyl (C=O) groups is 1. The monoisotopic (exact) mass is 333 g/mol. The third-order valence-corrected chi connectivity index (χ3v) is 4.48. The number of fused-ring (bicyclic) bond motifs is 2. The fraction of sp³-hybridized carbons (Fsp3) is 0.900. The maximum atomic E-state index is 11.6. The topological polar surface area (TPSA) is 17.1 Å². The molecule has 0 heterocycles. The van der Waals surface area contributed by atoms with Crippen molar-refractivity contribution in [3.8, 4) is 0 Å². The van der Waals surface area contributed by atoms with Crippen molar-refractivity contribution in [3.63, 3.8) is 0 Å². The first-order chi connectivity index (χ1) is 4.98. The van der Waals surface area contributed by atoms with Crippen LogP contribution < -0.4 is 0 Å². The van der Waals surface area contributed by atoms with Gasteiger partial charge >= 0.3 is 0 Å². The van der Waals surface area contributed by atoms with Crippen molar-refractivity contribution in [2.45, 2.75) is 40.0 Å². The van der Waals surface area contributed by atoms with E-state index in [0.717, 1.165) is 12.8 Å². The predicted molar refractivity (Wildman–Crippen MR) is 44.2 cm³/mol. The summed E-state index contributed by atoms with van der Waals surface area (Å²) in [6, 6.07) is 0. The average Bonchev–Trinajstić information content (AvgIpc) is 2.20. The van der Waals surface area contributed by atoms with Gasteiger partial charge in [-0.15, -0.1) is 0 Å². The van der Waals surface area contributed by atoms with Crippen LogP contribution in [0.4, 0.5) is 0 Å².